The fourth-order valence-corrected chi connectivity index (χ4v) is 3.42. The zero-order valence-corrected chi connectivity index (χ0v) is 9.79. The number of hydrogen-bond donors (Lipinski definition) is 2. The van der Waals surface area contributed by atoms with E-state index in [0.29, 0.717) is 6.42 Å². The van der Waals surface area contributed by atoms with Crippen molar-refractivity contribution in [2.75, 3.05) is 11.5 Å². The number of hydrogen-bond acceptors (Lipinski definition) is 4. The van der Waals surface area contributed by atoms with Crippen LogP contribution in [0.15, 0.2) is 0 Å². The van der Waals surface area contributed by atoms with Gasteiger partial charge in [-0.05, 0) is 13.3 Å². The molecular formula is C9H15NO5S. The number of carboxylic acids is 1. The van der Waals surface area contributed by atoms with E-state index in [-0.39, 0.29) is 23.8 Å². The van der Waals surface area contributed by atoms with Crippen molar-refractivity contribution in [3.8, 4) is 0 Å². The lowest BCUT2D eigenvalue weighted by atomic mass is 10.1. The molecule has 1 fully saturated rings. The molecule has 0 radical (unpaired) electrons. The first-order valence-electron chi connectivity index (χ1n) is 5.03. The van der Waals surface area contributed by atoms with Crippen LogP contribution in [0.4, 0.5) is 0 Å². The minimum atomic E-state index is -3.08. The third kappa shape index (κ3) is 3.80. The summed E-state index contributed by atoms with van der Waals surface area (Å²) in [6.45, 7) is 1.58. The molecular weight excluding hydrogens is 234 g/mol. The SMILES string of the molecule is CC(CC(=O)O)NC(=O)C1CCS(=O)(=O)C1. The van der Waals surface area contributed by atoms with Crippen LogP contribution in [0, 0.1) is 5.92 Å². The smallest absolute Gasteiger partial charge is 0.305 e. The topological polar surface area (TPSA) is 101 Å². The van der Waals surface area contributed by atoms with Gasteiger partial charge in [-0.2, -0.15) is 0 Å². The summed E-state index contributed by atoms with van der Waals surface area (Å²) in [6, 6.07) is -0.478. The molecule has 7 heteroatoms. The Balaban J connectivity index is 2.45. The van der Waals surface area contributed by atoms with Crippen molar-refractivity contribution in [1.29, 1.82) is 0 Å². The first kappa shape index (κ1) is 13.0. The van der Waals surface area contributed by atoms with Crippen molar-refractivity contribution in [1.82, 2.24) is 5.32 Å². The zero-order valence-electron chi connectivity index (χ0n) is 8.97. The van der Waals surface area contributed by atoms with E-state index < -0.39 is 27.8 Å². The molecule has 2 unspecified atom stereocenters. The van der Waals surface area contributed by atoms with Gasteiger partial charge in [0.15, 0.2) is 9.84 Å². The molecule has 16 heavy (non-hydrogen) atoms. The van der Waals surface area contributed by atoms with E-state index in [1.54, 1.807) is 6.92 Å². The third-order valence-electron chi connectivity index (χ3n) is 2.47. The Morgan fingerprint density at radius 1 is 1.50 bits per heavy atom. The Labute approximate surface area is 93.9 Å². The second kappa shape index (κ2) is 4.82. The van der Waals surface area contributed by atoms with E-state index in [9.17, 15) is 18.0 Å². The summed E-state index contributed by atoms with van der Waals surface area (Å²) in [5, 5.41) is 11.0. The van der Waals surface area contributed by atoms with E-state index in [2.05, 4.69) is 5.32 Å². The third-order valence-corrected chi connectivity index (χ3v) is 4.24. The number of carboxylic acid groups (broad SMARTS) is 1. The van der Waals surface area contributed by atoms with Crippen LogP contribution in [0.5, 0.6) is 0 Å². The number of aliphatic carboxylic acids is 1. The molecule has 6 nitrogen and oxygen atoms in total. The number of rotatable bonds is 4. The maximum Gasteiger partial charge on any atom is 0.305 e. The van der Waals surface area contributed by atoms with E-state index in [0.717, 1.165) is 0 Å². The highest BCUT2D eigenvalue weighted by atomic mass is 32.2. The van der Waals surface area contributed by atoms with Crippen LogP contribution in [-0.4, -0.2) is 42.9 Å². The van der Waals surface area contributed by atoms with Crippen molar-refractivity contribution in [2.24, 2.45) is 5.92 Å². The monoisotopic (exact) mass is 249 g/mol. The molecule has 0 spiro atoms. The average molecular weight is 249 g/mol. The number of carbonyl (C=O) groups excluding carboxylic acids is 1. The number of carbonyl (C=O) groups is 2. The van der Waals surface area contributed by atoms with E-state index >= 15 is 0 Å². The van der Waals surface area contributed by atoms with Gasteiger partial charge in [-0.25, -0.2) is 8.42 Å². The maximum atomic E-state index is 11.6. The Bertz CT molecular complexity index is 389. The highest BCUT2D eigenvalue weighted by Gasteiger charge is 2.33. The molecule has 92 valence electrons. The summed E-state index contributed by atoms with van der Waals surface area (Å²) in [7, 11) is -3.08. The van der Waals surface area contributed by atoms with E-state index in [1.807, 2.05) is 0 Å². The van der Waals surface area contributed by atoms with Gasteiger partial charge in [-0.3, -0.25) is 9.59 Å². The predicted octanol–water partition coefficient (Wildman–Crippen LogP) is -0.599. The van der Waals surface area contributed by atoms with Crippen molar-refractivity contribution < 1.29 is 23.1 Å². The second-order valence-electron chi connectivity index (χ2n) is 4.11. The van der Waals surface area contributed by atoms with Crippen LogP contribution in [0.2, 0.25) is 0 Å². The lowest BCUT2D eigenvalue weighted by Crippen LogP contribution is -2.38. The van der Waals surface area contributed by atoms with Crippen LogP contribution in [0.1, 0.15) is 19.8 Å². The molecule has 1 rings (SSSR count). The van der Waals surface area contributed by atoms with Crippen LogP contribution in [0.3, 0.4) is 0 Å². The first-order valence-corrected chi connectivity index (χ1v) is 6.85. The summed E-state index contributed by atoms with van der Waals surface area (Å²) in [5.74, 6) is -1.97. The van der Waals surface area contributed by atoms with Crippen LogP contribution in [-0.2, 0) is 19.4 Å². The number of amides is 1. The predicted molar refractivity (Wildman–Crippen MR) is 56.6 cm³/mol. The molecule has 0 bridgehead atoms. The van der Waals surface area contributed by atoms with Crippen molar-refractivity contribution in [3.05, 3.63) is 0 Å². The summed E-state index contributed by atoms with van der Waals surface area (Å²) >= 11 is 0. The molecule has 2 atom stereocenters. The molecule has 1 aliphatic rings. The lowest BCUT2D eigenvalue weighted by molar-refractivity contribution is -0.137. The summed E-state index contributed by atoms with van der Waals surface area (Å²) in [4.78, 5) is 21.9. The molecule has 2 N–H and O–H groups in total. The van der Waals surface area contributed by atoms with Gasteiger partial charge in [-0.15, -0.1) is 0 Å². The van der Waals surface area contributed by atoms with Crippen molar-refractivity contribution in [2.45, 2.75) is 25.8 Å². The molecule has 1 amide bonds. The Morgan fingerprint density at radius 3 is 2.56 bits per heavy atom. The largest absolute Gasteiger partial charge is 0.481 e. The van der Waals surface area contributed by atoms with Crippen molar-refractivity contribution in [3.63, 3.8) is 0 Å². The van der Waals surface area contributed by atoms with Gasteiger partial charge >= 0.3 is 5.97 Å². The quantitative estimate of drug-likeness (QED) is 0.693. The van der Waals surface area contributed by atoms with Crippen LogP contribution < -0.4 is 5.32 Å². The molecule has 0 aromatic rings. The normalized spacial score (nSPS) is 24.9. The zero-order chi connectivity index (χ0) is 12.3. The first-order chi connectivity index (χ1) is 7.30. The van der Waals surface area contributed by atoms with Gasteiger partial charge in [-0.1, -0.05) is 0 Å². The van der Waals surface area contributed by atoms with Gasteiger partial charge in [0, 0.05) is 6.04 Å². The lowest BCUT2D eigenvalue weighted by Gasteiger charge is -2.14. The van der Waals surface area contributed by atoms with Crippen LogP contribution >= 0.6 is 0 Å². The van der Waals surface area contributed by atoms with Gasteiger partial charge in [0.25, 0.3) is 0 Å². The Morgan fingerprint density at radius 2 is 2.12 bits per heavy atom. The molecule has 0 aromatic carbocycles. The molecule has 1 saturated heterocycles. The summed E-state index contributed by atoms with van der Waals surface area (Å²) < 4.78 is 22.3. The van der Waals surface area contributed by atoms with Crippen LogP contribution in [0.25, 0.3) is 0 Å². The Hall–Kier alpha value is -1.11. The second-order valence-corrected chi connectivity index (χ2v) is 6.34. The average Bonchev–Trinajstić information content (AvgIpc) is 2.44. The minimum absolute atomic E-state index is 0.0401. The van der Waals surface area contributed by atoms with Gasteiger partial charge in [0.2, 0.25) is 5.91 Å². The summed E-state index contributed by atoms with van der Waals surface area (Å²) in [5.41, 5.74) is 0. The number of nitrogens with one attached hydrogen (secondary N) is 1. The highest BCUT2D eigenvalue weighted by molar-refractivity contribution is 7.91. The van der Waals surface area contributed by atoms with E-state index in [4.69, 9.17) is 5.11 Å². The fourth-order valence-electron chi connectivity index (χ4n) is 1.68. The minimum Gasteiger partial charge on any atom is -0.481 e. The van der Waals surface area contributed by atoms with Crippen molar-refractivity contribution >= 4 is 21.7 Å². The Kier molecular flexibility index (Phi) is 3.90. The highest BCUT2D eigenvalue weighted by Crippen LogP contribution is 2.18. The van der Waals surface area contributed by atoms with Gasteiger partial charge < -0.3 is 10.4 Å². The van der Waals surface area contributed by atoms with Gasteiger partial charge in [0.1, 0.15) is 0 Å². The standard InChI is InChI=1S/C9H15NO5S/c1-6(4-8(11)12)10-9(13)7-2-3-16(14,15)5-7/h6-7H,2-5H2,1H3,(H,10,13)(H,11,12). The van der Waals surface area contributed by atoms with Gasteiger partial charge in [0.05, 0.1) is 23.8 Å². The van der Waals surface area contributed by atoms with E-state index in [1.165, 1.54) is 0 Å². The number of sulfone groups is 1. The molecule has 0 aliphatic carbocycles. The molecule has 1 heterocycles. The summed E-state index contributed by atoms with van der Waals surface area (Å²) in [6.07, 6.45) is 0.166. The fraction of sp³-hybridized carbons (Fsp3) is 0.778. The molecule has 0 saturated carbocycles. The maximum absolute atomic E-state index is 11.6. The molecule has 0 aromatic heterocycles. The molecule has 1 aliphatic heterocycles.